The molecule has 0 atom stereocenters. The van der Waals surface area contributed by atoms with E-state index in [1.165, 1.54) is 29.2 Å². The van der Waals surface area contributed by atoms with Gasteiger partial charge in [-0.2, -0.15) is 19.9 Å². The average molecular weight is 362 g/mol. The van der Waals surface area contributed by atoms with Crippen LogP contribution in [-0.4, -0.2) is 28.9 Å². The Kier molecular flexibility index (Phi) is 6.97. The number of aromatic nitrogens is 4. The Bertz CT molecular complexity index is 378. The zero-order chi connectivity index (χ0) is 12.5. The third-order valence-corrected chi connectivity index (χ3v) is 2.50. The maximum Gasteiger partial charge on any atom is 0.351 e. The van der Waals surface area contributed by atoms with Crippen molar-refractivity contribution >= 4 is 33.8 Å². The first-order chi connectivity index (χ1) is 8.29. The van der Waals surface area contributed by atoms with Gasteiger partial charge in [-0.05, 0) is 16.6 Å². The van der Waals surface area contributed by atoms with Gasteiger partial charge < -0.3 is 4.55 Å². The number of alkyl halides is 1. The van der Waals surface area contributed by atoms with E-state index in [1.54, 1.807) is 12.1 Å². The predicted octanol–water partition coefficient (Wildman–Crippen LogP) is 1.87. The second-order valence-corrected chi connectivity index (χ2v) is 5.39. The SMILES string of the molecule is CCI.[O-][S+](c1ncccn1)c1ncccn1. The van der Waals surface area contributed by atoms with E-state index in [0.717, 1.165) is 0 Å². The molecule has 0 aliphatic rings. The van der Waals surface area contributed by atoms with Crippen LogP contribution in [0.3, 0.4) is 0 Å². The first-order valence-corrected chi connectivity index (χ1v) is 7.49. The summed E-state index contributed by atoms with van der Waals surface area (Å²) in [6, 6.07) is 3.32. The van der Waals surface area contributed by atoms with Gasteiger partial charge in [-0.1, -0.05) is 29.5 Å². The molecule has 0 fully saturated rings. The van der Waals surface area contributed by atoms with Crippen LogP contribution in [0.25, 0.3) is 0 Å². The van der Waals surface area contributed by atoms with E-state index in [0.29, 0.717) is 0 Å². The third-order valence-electron chi connectivity index (χ3n) is 1.42. The topological polar surface area (TPSA) is 74.6 Å². The van der Waals surface area contributed by atoms with E-state index >= 15 is 0 Å². The highest BCUT2D eigenvalue weighted by Crippen LogP contribution is 2.10. The van der Waals surface area contributed by atoms with Crippen LogP contribution in [0.2, 0.25) is 0 Å². The van der Waals surface area contributed by atoms with Crippen molar-refractivity contribution in [2.45, 2.75) is 17.2 Å². The number of hydrogen-bond donors (Lipinski definition) is 0. The number of nitrogens with zero attached hydrogens (tertiary/aromatic N) is 4. The molecule has 7 heteroatoms. The van der Waals surface area contributed by atoms with Gasteiger partial charge in [-0.25, -0.2) is 0 Å². The maximum atomic E-state index is 11.7. The Morgan fingerprint density at radius 1 is 1.00 bits per heavy atom. The molecule has 0 aliphatic carbocycles. The average Bonchev–Trinajstić information content (AvgIpc) is 2.41. The lowest BCUT2D eigenvalue weighted by atomic mass is 10.7. The fraction of sp³-hybridized carbons (Fsp3) is 0.200. The molecule has 17 heavy (non-hydrogen) atoms. The van der Waals surface area contributed by atoms with Crippen molar-refractivity contribution in [3.05, 3.63) is 36.9 Å². The highest BCUT2D eigenvalue weighted by Gasteiger charge is 2.20. The maximum absolute atomic E-state index is 11.7. The molecule has 2 aromatic rings. The molecule has 2 heterocycles. The summed E-state index contributed by atoms with van der Waals surface area (Å²) in [5.41, 5.74) is 0. The van der Waals surface area contributed by atoms with Crippen molar-refractivity contribution in [2.75, 3.05) is 4.43 Å². The van der Waals surface area contributed by atoms with E-state index in [9.17, 15) is 4.55 Å². The van der Waals surface area contributed by atoms with Crippen LogP contribution < -0.4 is 0 Å². The largest absolute Gasteiger partial charge is 0.601 e. The Hall–Kier alpha value is -0.800. The number of halogens is 1. The zero-order valence-corrected chi connectivity index (χ0v) is 12.1. The highest BCUT2D eigenvalue weighted by molar-refractivity contribution is 14.1. The fourth-order valence-corrected chi connectivity index (χ4v) is 1.63. The molecule has 0 spiro atoms. The molecule has 2 aromatic heterocycles. The van der Waals surface area contributed by atoms with Crippen LogP contribution in [0.5, 0.6) is 0 Å². The molecule has 5 nitrogen and oxygen atoms in total. The number of rotatable bonds is 2. The molecule has 0 bridgehead atoms. The van der Waals surface area contributed by atoms with E-state index in [-0.39, 0.29) is 10.3 Å². The van der Waals surface area contributed by atoms with E-state index < -0.39 is 11.2 Å². The van der Waals surface area contributed by atoms with Crippen LogP contribution in [0, 0.1) is 0 Å². The molecular weight excluding hydrogens is 351 g/mol. The summed E-state index contributed by atoms with van der Waals surface area (Å²) in [7, 11) is 0. The molecule has 0 saturated carbocycles. The summed E-state index contributed by atoms with van der Waals surface area (Å²) in [4.78, 5) is 15.5. The summed E-state index contributed by atoms with van der Waals surface area (Å²) >= 11 is 0.797. The van der Waals surface area contributed by atoms with Gasteiger partial charge in [0.05, 0.1) is 0 Å². The predicted molar refractivity (Wildman–Crippen MR) is 73.3 cm³/mol. The summed E-state index contributed by atoms with van der Waals surface area (Å²) in [6.45, 7) is 2.11. The lowest BCUT2D eigenvalue weighted by Crippen LogP contribution is -2.09. The Morgan fingerprint density at radius 3 is 1.59 bits per heavy atom. The zero-order valence-electron chi connectivity index (χ0n) is 9.15. The number of hydrogen-bond acceptors (Lipinski definition) is 5. The van der Waals surface area contributed by atoms with Crippen LogP contribution in [0.1, 0.15) is 6.92 Å². The molecule has 0 aromatic carbocycles. The minimum absolute atomic E-state index is 0.221. The van der Waals surface area contributed by atoms with Gasteiger partial charge in [0.15, 0.2) is 0 Å². The first kappa shape index (κ1) is 14.3. The van der Waals surface area contributed by atoms with Crippen molar-refractivity contribution in [1.82, 2.24) is 19.9 Å². The quantitative estimate of drug-likeness (QED) is 0.353. The van der Waals surface area contributed by atoms with Crippen molar-refractivity contribution in [3.8, 4) is 0 Å². The lowest BCUT2D eigenvalue weighted by Gasteiger charge is -2.03. The minimum atomic E-state index is -1.49. The molecule has 2 rings (SSSR count). The second-order valence-electron chi connectivity index (χ2n) is 2.60. The third kappa shape index (κ3) is 4.92. The Balaban J connectivity index is 0.000000437. The Morgan fingerprint density at radius 2 is 1.29 bits per heavy atom. The molecule has 0 N–H and O–H groups in total. The van der Waals surface area contributed by atoms with Crippen molar-refractivity contribution < 1.29 is 4.55 Å². The summed E-state index contributed by atoms with van der Waals surface area (Å²) in [6.07, 6.45) is 6.12. The smallest absolute Gasteiger partial charge is 0.351 e. The van der Waals surface area contributed by atoms with Crippen LogP contribution in [0.4, 0.5) is 0 Å². The van der Waals surface area contributed by atoms with Gasteiger partial charge in [0.1, 0.15) is 11.2 Å². The van der Waals surface area contributed by atoms with Crippen molar-refractivity contribution in [3.63, 3.8) is 0 Å². The molecule has 0 saturated heterocycles. The summed E-state index contributed by atoms with van der Waals surface area (Å²) < 4.78 is 12.9. The monoisotopic (exact) mass is 362 g/mol. The second kappa shape index (κ2) is 8.31. The van der Waals surface area contributed by atoms with Gasteiger partial charge >= 0.3 is 10.3 Å². The molecule has 0 radical (unpaired) electrons. The van der Waals surface area contributed by atoms with Gasteiger partial charge in [0, 0.05) is 24.8 Å². The normalized spacial score (nSPS) is 9.65. The summed E-state index contributed by atoms with van der Waals surface area (Å²) in [5, 5.41) is 0.442. The van der Waals surface area contributed by atoms with Gasteiger partial charge in [0.25, 0.3) is 0 Å². The molecule has 0 unspecified atom stereocenters. The molecular formula is C10H11IN4OS. The van der Waals surface area contributed by atoms with E-state index in [4.69, 9.17) is 0 Å². The Labute approximate surface area is 116 Å². The van der Waals surface area contributed by atoms with Gasteiger partial charge in [-0.15, -0.1) is 0 Å². The highest BCUT2D eigenvalue weighted by atomic mass is 127. The van der Waals surface area contributed by atoms with E-state index in [1.807, 2.05) is 0 Å². The van der Waals surface area contributed by atoms with Crippen LogP contribution >= 0.6 is 22.6 Å². The van der Waals surface area contributed by atoms with Crippen LogP contribution in [-0.2, 0) is 11.2 Å². The minimum Gasteiger partial charge on any atom is -0.601 e. The lowest BCUT2D eigenvalue weighted by molar-refractivity contribution is 0.576. The van der Waals surface area contributed by atoms with Gasteiger partial charge in [0.2, 0.25) is 0 Å². The molecule has 90 valence electrons. The summed E-state index contributed by atoms with van der Waals surface area (Å²) in [5.74, 6) is 0. The van der Waals surface area contributed by atoms with Crippen LogP contribution in [0.15, 0.2) is 47.2 Å². The standard InChI is InChI=1S/C8H6N4OS.C2H5I/c13-14(7-9-3-1-4-10-7)8-11-5-2-6-12-8;1-2-3/h1-6H;2H2,1H3. The van der Waals surface area contributed by atoms with Crippen molar-refractivity contribution in [2.24, 2.45) is 0 Å². The van der Waals surface area contributed by atoms with E-state index in [2.05, 4.69) is 49.5 Å². The first-order valence-electron chi connectivity index (χ1n) is 4.81. The van der Waals surface area contributed by atoms with Crippen molar-refractivity contribution in [1.29, 1.82) is 0 Å². The molecule has 0 amide bonds. The van der Waals surface area contributed by atoms with Gasteiger partial charge in [-0.3, -0.25) is 0 Å². The fourth-order valence-electron chi connectivity index (χ4n) is 0.844. The molecule has 0 aliphatic heterocycles.